The van der Waals surface area contributed by atoms with Crippen LogP contribution in [-0.4, -0.2) is 36.7 Å². The van der Waals surface area contributed by atoms with Crippen molar-refractivity contribution in [1.82, 2.24) is 10.2 Å². The molecule has 0 aliphatic heterocycles. The van der Waals surface area contributed by atoms with Crippen LogP contribution in [0.15, 0.2) is 58.8 Å². The van der Waals surface area contributed by atoms with E-state index in [2.05, 4.69) is 20.4 Å². The zero-order valence-electron chi connectivity index (χ0n) is 17.9. The van der Waals surface area contributed by atoms with Crippen LogP contribution < -0.4 is 9.62 Å². The highest BCUT2D eigenvalue weighted by atomic mass is 32.2. The normalized spacial score (nSPS) is 12.5. The number of aromatic nitrogens is 2. The largest absolute Gasteiger partial charge is 0.516 e. The van der Waals surface area contributed by atoms with E-state index < -0.39 is 15.5 Å². The Hall–Kier alpha value is -3.06. The summed E-state index contributed by atoms with van der Waals surface area (Å²) in [6.45, 7) is 6.27. The molecule has 2 aromatic carbocycles. The Labute approximate surface area is 193 Å². The van der Waals surface area contributed by atoms with E-state index in [1.807, 2.05) is 56.0 Å². The second kappa shape index (κ2) is 9.83. The maximum Gasteiger partial charge on any atom is 0.516 e. The second-order valence-electron chi connectivity index (χ2n) is 7.09. The quantitative estimate of drug-likeness (QED) is 0.377. The standard InChI is InChI=1S/C20H21F3N6O2S2/c1-4-29(13(2)3)15-10-11-16(17(12-15)28-33(30,31)20(21,22)23)24-26-19-27-25-18(32-19)14-8-6-5-7-9-14/h5-13,28H,4H2,1-3H3. The van der Waals surface area contributed by atoms with Crippen LogP contribution in [0.4, 0.5) is 35.4 Å². The molecule has 3 rings (SSSR count). The fourth-order valence-electron chi connectivity index (χ4n) is 2.97. The van der Waals surface area contributed by atoms with Gasteiger partial charge in [0.25, 0.3) is 5.13 Å². The highest BCUT2D eigenvalue weighted by molar-refractivity contribution is 7.93. The van der Waals surface area contributed by atoms with Gasteiger partial charge in [-0.15, -0.1) is 20.4 Å². The number of hydrogen-bond donors (Lipinski definition) is 1. The average molecular weight is 499 g/mol. The number of anilines is 2. The van der Waals surface area contributed by atoms with Gasteiger partial charge in [-0.05, 0) is 39.0 Å². The van der Waals surface area contributed by atoms with E-state index >= 15 is 0 Å². The molecule has 3 aromatic rings. The monoisotopic (exact) mass is 498 g/mol. The lowest BCUT2D eigenvalue weighted by Crippen LogP contribution is -2.31. The topological polar surface area (TPSA) is 99.9 Å². The molecule has 33 heavy (non-hydrogen) atoms. The van der Waals surface area contributed by atoms with E-state index in [1.54, 1.807) is 10.8 Å². The molecule has 0 bridgehead atoms. The smallest absolute Gasteiger partial charge is 0.369 e. The zero-order valence-corrected chi connectivity index (χ0v) is 19.5. The molecule has 8 nitrogen and oxygen atoms in total. The molecule has 1 N–H and O–H groups in total. The summed E-state index contributed by atoms with van der Waals surface area (Å²) in [7, 11) is -5.65. The van der Waals surface area contributed by atoms with Gasteiger partial charge in [0.2, 0.25) is 0 Å². The van der Waals surface area contributed by atoms with Crippen molar-refractivity contribution in [2.45, 2.75) is 32.3 Å². The summed E-state index contributed by atoms with van der Waals surface area (Å²) in [6, 6.07) is 13.6. The number of nitrogens with zero attached hydrogens (tertiary/aromatic N) is 5. The highest BCUT2D eigenvalue weighted by Crippen LogP contribution is 2.36. The van der Waals surface area contributed by atoms with Crippen molar-refractivity contribution >= 4 is 43.6 Å². The van der Waals surface area contributed by atoms with Crippen molar-refractivity contribution < 1.29 is 21.6 Å². The SMILES string of the molecule is CCN(c1ccc(N=Nc2nnc(-c3ccccc3)s2)c(NS(=O)(=O)C(F)(F)F)c1)C(C)C. The van der Waals surface area contributed by atoms with Crippen molar-refractivity contribution in [2.75, 3.05) is 16.2 Å². The number of azo groups is 1. The Morgan fingerprint density at radius 3 is 2.39 bits per heavy atom. The van der Waals surface area contributed by atoms with Gasteiger partial charge in [0.15, 0.2) is 0 Å². The first kappa shape index (κ1) is 24.6. The lowest BCUT2D eigenvalue weighted by molar-refractivity contribution is -0.0429. The second-order valence-corrected chi connectivity index (χ2v) is 9.72. The highest BCUT2D eigenvalue weighted by Gasteiger charge is 2.46. The lowest BCUT2D eigenvalue weighted by Gasteiger charge is -2.28. The van der Waals surface area contributed by atoms with Gasteiger partial charge < -0.3 is 4.90 Å². The summed E-state index contributed by atoms with van der Waals surface area (Å²) in [5.74, 6) is 0. The number of nitrogens with one attached hydrogen (secondary N) is 1. The summed E-state index contributed by atoms with van der Waals surface area (Å²) in [5, 5.41) is 16.6. The van der Waals surface area contributed by atoms with Crippen LogP contribution in [0.1, 0.15) is 20.8 Å². The van der Waals surface area contributed by atoms with Crippen LogP contribution >= 0.6 is 11.3 Å². The molecule has 1 heterocycles. The summed E-state index contributed by atoms with van der Waals surface area (Å²) < 4.78 is 64.1. The molecule has 0 spiro atoms. The molecule has 1 aromatic heterocycles. The number of halogens is 3. The number of sulfonamides is 1. The third-order valence-electron chi connectivity index (χ3n) is 4.50. The van der Waals surface area contributed by atoms with Gasteiger partial charge in [-0.1, -0.05) is 41.7 Å². The molecule has 0 aliphatic rings. The number of alkyl halides is 3. The maximum atomic E-state index is 13.0. The zero-order chi connectivity index (χ0) is 24.2. The maximum absolute atomic E-state index is 13.0. The van der Waals surface area contributed by atoms with E-state index in [0.717, 1.165) is 16.9 Å². The third-order valence-corrected chi connectivity index (χ3v) is 6.46. The van der Waals surface area contributed by atoms with Gasteiger partial charge in [0.05, 0.1) is 5.69 Å². The van der Waals surface area contributed by atoms with Gasteiger partial charge in [0.1, 0.15) is 10.7 Å². The molecule has 13 heteroatoms. The Balaban J connectivity index is 1.97. The van der Waals surface area contributed by atoms with Gasteiger partial charge in [-0.25, -0.2) is 0 Å². The predicted molar refractivity (Wildman–Crippen MR) is 123 cm³/mol. The molecule has 0 saturated heterocycles. The van der Waals surface area contributed by atoms with E-state index in [1.165, 1.54) is 12.1 Å². The Kier molecular flexibility index (Phi) is 7.32. The van der Waals surface area contributed by atoms with Crippen molar-refractivity contribution in [3.05, 3.63) is 48.5 Å². The van der Waals surface area contributed by atoms with Crippen LogP contribution in [0.2, 0.25) is 0 Å². The summed E-state index contributed by atoms with van der Waals surface area (Å²) in [4.78, 5) is 1.89. The fourth-order valence-corrected chi connectivity index (χ4v) is 4.21. The molecule has 0 atom stereocenters. The van der Waals surface area contributed by atoms with Crippen LogP contribution in [0, 0.1) is 0 Å². The van der Waals surface area contributed by atoms with E-state index in [9.17, 15) is 21.6 Å². The predicted octanol–water partition coefficient (Wildman–Crippen LogP) is 6.12. The minimum atomic E-state index is -5.65. The average Bonchev–Trinajstić information content (AvgIpc) is 3.22. The minimum Gasteiger partial charge on any atom is -0.369 e. The van der Waals surface area contributed by atoms with Crippen LogP contribution in [0.3, 0.4) is 0 Å². The van der Waals surface area contributed by atoms with Crippen molar-refractivity contribution in [2.24, 2.45) is 10.2 Å². The van der Waals surface area contributed by atoms with Gasteiger partial charge in [-0.3, -0.25) is 4.72 Å². The lowest BCUT2D eigenvalue weighted by atomic mass is 10.2. The summed E-state index contributed by atoms with van der Waals surface area (Å²) in [5.41, 5.74) is -4.56. The Bertz CT molecular complexity index is 1230. The summed E-state index contributed by atoms with van der Waals surface area (Å²) in [6.07, 6.45) is 0. The molecule has 176 valence electrons. The summed E-state index contributed by atoms with van der Waals surface area (Å²) >= 11 is 1.13. The van der Waals surface area contributed by atoms with Gasteiger partial charge in [-0.2, -0.15) is 21.6 Å². The van der Waals surface area contributed by atoms with Gasteiger partial charge in [0, 0.05) is 23.8 Å². The van der Waals surface area contributed by atoms with Crippen molar-refractivity contribution in [1.29, 1.82) is 0 Å². The van der Waals surface area contributed by atoms with Crippen molar-refractivity contribution in [3.63, 3.8) is 0 Å². The van der Waals surface area contributed by atoms with Crippen LogP contribution in [0.25, 0.3) is 10.6 Å². The van der Waals surface area contributed by atoms with E-state index in [-0.39, 0.29) is 22.5 Å². The molecular formula is C20H21F3N6O2S2. The van der Waals surface area contributed by atoms with Crippen LogP contribution in [-0.2, 0) is 10.0 Å². The number of benzene rings is 2. The number of rotatable bonds is 8. The molecule has 0 amide bonds. The minimum absolute atomic E-state index is 0.0346. The fraction of sp³-hybridized carbons (Fsp3) is 0.300. The first-order valence-electron chi connectivity index (χ1n) is 9.82. The molecule has 0 unspecified atom stereocenters. The third kappa shape index (κ3) is 5.85. The molecule has 0 radical (unpaired) electrons. The Morgan fingerprint density at radius 1 is 1.09 bits per heavy atom. The molecular weight excluding hydrogens is 477 g/mol. The Morgan fingerprint density at radius 2 is 1.79 bits per heavy atom. The van der Waals surface area contributed by atoms with E-state index in [4.69, 9.17) is 0 Å². The van der Waals surface area contributed by atoms with E-state index in [0.29, 0.717) is 17.2 Å². The first-order valence-corrected chi connectivity index (χ1v) is 12.1. The van der Waals surface area contributed by atoms with Gasteiger partial charge >= 0.3 is 15.5 Å². The first-order chi connectivity index (χ1) is 15.5. The number of hydrogen-bond acceptors (Lipinski definition) is 8. The van der Waals surface area contributed by atoms with Crippen LogP contribution in [0.5, 0.6) is 0 Å². The molecule has 0 fully saturated rings. The molecule has 0 saturated carbocycles. The van der Waals surface area contributed by atoms with Crippen molar-refractivity contribution in [3.8, 4) is 10.6 Å². The molecule has 0 aliphatic carbocycles.